The van der Waals surface area contributed by atoms with Gasteiger partial charge < -0.3 is 0 Å². The largest absolute Gasteiger partial charge is 0.258 e. The van der Waals surface area contributed by atoms with Gasteiger partial charge in [-0.15, -0.1) is 0 Å². The zero-order chi connectivity index (χ0) is 6.69. The van der Waals surface area contributed by atoms with Crippen LogP contribution >= 0.6 is 23.6 Å². The van der Waals surface area contributed by atoms with Crippen LogP contribution in [0.15, 0.2) is 0 Å². The zero-order valence-corrected chi connectivity index (χ0v) is 6.05. The Hall–Kier alpha value is -0.730. The molecule has 0 radical (unpaired) electrons. The van der Waals surface area contributed by atoms with Crippen LogP contribution in [0, 0.1) is 15.3 Å². The van der Waals surface area contributed by atoms with Gasteiger partial charge in [0.05, 0.1) is 12.5 Å². The van der Waals surface area contributed by atoms with Crippen LogP contribution in [0.3, 0.4) is 0 Å². The summed E-state index contributed by atoms with van der Waals surface area (Å²) in [5.41, 5.74) is 0. The molecule has 0 aliphatic rings. The molecule has 0 spiro atoms. The van der Waals surface area contributed by atoms with Crippen LogP contribution in [0.25, 0.3) is 0 Å². The Morgan fingerprint density at radius 2 is 2.67 bits per heavy atom. The standard InChI is InChI=1S/C4H3N3S2/c5-2-1-3-6-7-4(8)9-3/h1H2,(H,7,8). The SMILES string of the molecule is N#CCc1n[nH]c(=S)s1. The third-order valence-electron chi connectivity index (χ3n) is 0.713. The molecule has 1 aromatic rings. The molecule has 0 aliphatic carbocycles. The molecule has 0 aromatic carbocycles. The quantitative estimate of drug-likeness (QED) is 0.624. The number of hydrogen-bond donors (Lipinski definition) is 1. The fourth-order valence-corrected chi connectivity index (χ4v) is 1.27. The first kappa shape index (κ1) is 6.39. The molecule has 3 nitrogen and oxygen atoms in total. The van der Waals surface area contributed by atoms with Crippen LogP contribution in [-0.2, 0) is 6.42 Å². The molecule has 9 heavy (non-hydrogen) atoms. The molecule has 46 valence electrons. The van der Waals surface area contributed by atoms with Gasteiger partial charge in [0.25, 0.3) is 0 Å². The first-order chi connectivity index (χ1) is 4.33. The number of nitrogens with one attached hydrogen (secondary N) is 1. The molecule has 1 aromatic heterocycles. The lowest BCUT2D eigenvalue weighted by Gasteiger charge is -1.73. The topological polar surface area (TPSA) is 52.5 Å². The van der Waals surface area contributed by atoms with E-state index in [1.807, 2.05) is 6.07 Å². The molecular formula is C4H3N3S2. The number of aromatic nitrogens is 2. The summed E-state index contributed by atoms with van der Waals surface area (Å²) >= 11 is 6.08. The molecular weight excluding hydrogens is 154 g/mol. The Labute approximate surface area is 61.0 Å². The minimum Gasteiger partial charge on any atom is -0.258 e. The number of rotatable bonds is 1. The van der Waals surface area contributed by atoms with Gasteiger partial charge >= 0.3 is 0 Å². The van der Waals surface area contributed by atoms with E-state index in [4.69, 9.17) is 17.5 Å². The molecule has 1 N–H and O–H groups in total. The molecule has 0 fully saturated rings. The molecule has 0 saturated heterocycles. The highest BCUT2D eigenvalue weighted by atomic mass is 32.1. The predicted molar refractivity (Wildman–Crippen MR) is 36.6 cm³/mol. The van der Waals surface area contributed by atoms with Crippen molar-refractivity contribution in [3.05, 3.63) is 8.96 Å². The second-order valence-corrected chi connectivity index (χ2v) is 3.09. The summed E-state index contributed by atoms with van der Waals surface area (Å²) in [6.07, 6.45) is 0.345. The highest BCUT2D eigenvalue weighted by Gasteiger charge is 1.92. The number of nitrogens with zero attached hydrogens (tertiary/aromatic N) is 2. The highest BCUT2D eigenvalue weighted by Crippen LogP contribution is 2.03. The summed E-state index contributed by atoms with van der Waals surface area (Å²) in [7, 11) is 0. The summed E-state index contributed by atoms with van der Waals surface area (Å²) < 4.78 is 0.625. The van der Waals surface area contributed by atoms with Crippen molar-refractivity contribution in [2.45, 2.75) is 6.42 Å². The molecule has 0 unspecified atom stereocenters. The Balaban J connectivity index is 2.88. The summed E-state index contributed by atoms with van der Waals surface area (Å²) in [5, 5.41) is 15.3. The predicted octanol–water partition coefficient (Wildman–Crippen LogP) is 1.27. The van der Waals surface area contributed by atoms with Crippen molar-refractivity contribution in [2.75, 3.05) is 0 Å². The van der Waals surface area contributed by atoms with Crippen LogP contribution in [-0.4, -0.2) is 10.2 Å². The average molecular weight is 157 g/mol. The van der Waals surface area contributed by atoms with E-state index in [1.54, 1.807) is 0 Å². The molecule has 0 atom stereocenters. The minimum absolute atomic E-state index is 0.345. The van der Waals surface area contributed by atoms with E-state index in [2.05, 4.69) is 10.2 Å². The van der Waals surface area contributed by atoms with Crippen LogP contribution in [0.5, 0.6) is 0 Å². The summed E-state index contributed by atoms with van der Waals surface area (Å²) in [4.78, 5) is 0. The zero-order valence-electron chi connectivity index (χ0n) is 4.42. The summed E-state index contributed by atoms with van der Waals surface area (Å²) in [6, 6.07) is 1.98. The van der Waals surface area contributed by atoms with E-state index >= 15 is 0 Å². The first-order valence-electron chi connectivity index (χ1n) is 2.24. The van der Waals surface area contributed by atoms with Gasteiger partial charge in [0.15, 0.2) is 3.95 Å². The van der Waals surface area contributed by atoms with Crippen molar-refractivity contribution in [2.24, 2.45) is 0 Å². The molecule has 1 heterocycles. The smallest absolute Gasteiger partial charge is 0.176 e. The Morgan fingerprint density at radius 1 is 1.89 bits per heavy atom. The molecule has 0 saturated carbocycles. The monoisotopic (exact) mass is 157 g/mol. The van der Waals surface area contributed by atoms with Crippen molar-refractivity contribution in [1.29, 1.82) is 5.26 Å². The lowest BCUT2D eigenvalue weighted by molar-refractivity contribution is 1.01. The van der Waals surface area contributed by atoms with Gasteiger partial charge in [0.2, 0.25) is 0 Å². The van der Waals surface area contributed by atoms with Gasteiger partial charge in [0.1, 0.15) is 5.01 Å². The molecule has 1 rings (SSSR count). The van der Waals surface area contributed by atoms with Crippen molar-refractivity contribution in [3.8, 4) is 6.07 Å². The Morgan fingerprint density at radius 3 is 3.11 bits per heavy atom. The normalized spacial score (nSPS) is 8.78. The number of nitriles is 1. The third-order valence-corrected chi connectivity index (χ3v) is 1.80. The van der Waals surface area contributed by atoms with Gasteiger partial charge in [-0.25, -0.2) is 0 Å². The van der Waals surface area contributed by atoms with Crippen molar-refractivity contribution < 1.29 is 0 Å². The van der Waals surface area contributed by atoms with E-state index in [9.17, 15) is 0 Å². The van der Waals surface area contributed by atoms with Crippen molar-refractivity contribution in [1.82, 2.24) is 10.2 Å². The van der Waals surface area contributed by atoms with E-state index in [-0.39, 0.29) is 0 Å². The van der Waals surface area contributed by atoms with Crippen molar-refractivity contribution in [3.63, 3.8) is 0 Å². The lowest BCUT2D eigenvalue weighted by Crippen LogP contribution is -1.76. The second-order valence-electron chi connectivity index (χ2n) is 1.34. The van der Waals surface area contributed by atoms with Crippen LogP contribution < -0.4 is 0 Å². The molecule has 0 aliphatic heterocycles. The van der Waals surface area contributed by atoms with Gasteiger partial charge in [-0.05, 0) is 12.2 Å². The Bertz CT molecular complexity index is 278. The summed E-state index contributed by atoms with van der Waals surface area (Å²) in [5.74, 6) is 0. The fraction of sp³-hybridized carbons (Fsp3) is 0.250. The fourth-order valence-electron chi connectivity index (χ4n) is 0.404. The first-order valence-corrected chi connectivity index (χ1v) is 3.47. The van der Waals surface area contributed by atoms with Gasteiger partial charge in [0, 0.05) is 0 Å². The third kappa shape index (κ3) is 1.59. The van der Waals surface area contributed by atoms with E-state index in [1.165, 1.54) is 11.3 Å². The maximum atomic E-state index is 8.20. The number of H-pyrrole nitrogens is 1. The number of hydrogen-bond acceptors (Lipinski definition) is 4. The van der Waals surface area contributed by atoms with E-state index < -0.39 is 0 Å². The average Bonchev–Trinajstić information content (AvgIpc) is 2.17. The van der Waals surface area contributed by atoms with E-state index in [0.29, 0.717) is 10.4 Å². The van der Waals surface area contributed by atoms with Gasteiger partial charge in [-0.3, -0.25) is 5.10 Å². The molecule has 0 bridgehead atoms. The molecule has 5 heteroatoms. The van der Waals surface area contributed by atoms with Gasteiger partial charge in [-0.2, -0.15) is 10.4 Å². The summed E-state index contributed by atoms with van der Waals surface area (Å²) in [6.45, 7) is 0. The molecule has 0 amide bonds. The second kappa shape index (κ2) is 2.71. The minimum atomic E-state index is 0.345. The van der Waals surface area contributed by atoms with Gasteiger partial charge in [-0.1, -0.05) is 11.3 Å². The van der Waals surface area contributed by atoms with Crippen LogP contribution in [0.4, 0.5) is 0 Å². The Kier molecular flexibility index (Phi) is 1.92. The maximum Gasteiger partial charge on any atom is 0.176 e. The van der Waals surface area contributed by atoms with Crippen molar-refractivity contribution >= 4 is 23.6 Å². The lowest BCUT2D eigenvalue weighted by atomic mass is 10.5. The maximum absolute atomic E-state index is 8.20. The number of aromatic amines is 1. The highest BCUT2D eigenvalue weighted by molar-refractivity contribution is 7.73. The van der Waals surface area contributed by atoms with E-state index in [0.717, 1.165) is 5.01 Å². The van der Waals surface area contributed by atoms with Crippen LogP contribution in [0.1, 0.15) is 5.01 Å². The van der Waals surface area contributed by atoms with Crippen LogP contribution in [0.2, 0.25) is 0 Å².